The molecule has 0 aliphatic heterocycles. The van der Waals surface area contributed by atoms with E-state index < -0.39 is 0 Å². The van der Waals surface area contributed by atoms with Crippen LogP contribution < -0.4 is 5.48 Å². The molecule has 1 heterocycles. The Morgan fingerprint density at radius 1 is 1.54 bits per heavy atom. The highest BCUT2D eigenvalue weighted by atomic mass is 16.6. The molecular weight excluding hydrogens is 166 g/mol. The topological polar surface area (TPSA) is 49.9 Å². The van der Waals surface area contributed by atoms with E-state index in [0.29, 0.717) is 12.6 Å². The number of nitrogens with one attached hydrogen (secondary N) is 2. The summed E-state index contributed by atoms with van der Waals surface area (Å²) in [6.07, 6.45) is 5.57. The molecule has 0 saturated carbocycles. The molecule has 0 atom stereocenters. The predicted octanol–water partition coefficient (Wildman–Crippen LogP) is 1.62. The predicted molar refractivity (Wildman–Crippen MR) is 50.9 cm³/mol. The lowest BCUT2D eigenvalue weighted by atomic mass is 10.2. The Labute approximate surface area is 78.7 Å². The van der Waals surface area contributed by atoms with Gasteiger partial charge in [-0.05, 0) is 12.8 Å². The van der Waals surface area contributed by atoms with Crippen LogP contribution in [0.2, 0.25) is 0 Å². The zero-order chi connectivity index (χ0) is 9.52. The molecule has 0 unspecified atom stereocenters. The molecule has 74 valence electrons. The maximum atomic E-state index is 5.30. The third-order valence-corrected chi connectivity index (χ3v) is 2.02. The first-order valence-electron chi connectivity index (χ1n) is 4.71. The van der Waals surface area contributed by atoms with Crippen LogP contribution in [-0.4, -0.2) is 16.0 Å². The summed E-state index contributed by atoms with van der Waals surface area (Å²) in [5, 5.41) is 0. The van der Waals surface area contributed by atoms with Crippen LogP contribution in [0.25, 0.3) is 0 Å². The van der Waals surface area contributed by atoms with Crippen molar-refractivity contribution in [3.05, 3.63) is 18.2 Å². The summed E-state index contributed by atoms with van der Waals surface area (Å²) in [6, 6.07) is 0.447. The maximum Gasteiger partial charge on any atom is 0.110 e. The van der Waals surface area contributed by atoms with Gasteiger partial charge in [0.2, 0.25) is 0 Å². The minimum atomic E-state index is 0.447. The van der Waals surface area contributed by atoms with Gasteiger partial charge in [-0.2, -0.15) is 5.48 Å². The van der Waals surface area contributed by atoms with Gasteiger partial charge in [0.05, 0.1) is 18.2 Å². The summed E-state index contributed by atoms with van der Waals surface area (Å²) in [5.41, 5.74) is 3.99. The Morgan fingerprint density at radius 2 is 2.31 bits per heavy atom. The van der Waals surface area contributed by atoms with Crippen LogP contribution >= 0.6 is 0 Å². The first-order valence-corrected chi connectivity index (χ1v) is 4.71. The Morgan fingerprint density at radius 3 is 2.85 bits per heavy atom. The summed E-state index contributed by atoms with van der Waals surface area (Å²) in [5.74, 6) is 0. The molecule has 0 aliphatic carbocycles. The van der Waals surface area contributed by atoms with Crippen LogP contribution in [0.1, 0.15) is 32.4 Å². The molecule has 1 rings (SSSR count). The van der Waals surface area contributed by atoms with E-state index >= 15 is 0 Å². The van der Waals surface area contributed by atoms with Crippen LogP contribution in [0.3, 0.4) is 0 Å². The van der Waals surface area contributed by atoms with E-state index in [1.807, 2.05) is 0 Å². The third kappa shape index (κ3) is 3.57. The lowest BCUT2D eigenvalue weighted by Gasteiger charge is -2.13. The lowest BCUT2D eigenvalue weighted by Crippen LogP contribution is -2.27. The molecule has 0 bridgehead atoms. The van der Waals surface area contributed by atoms with Gasteiger partial charge in [0, 0.05) is 6.04 Å². The van der Waals surface area contributed by atoms with Crippen LogP contribution in [0, 0.1) is 0 Å². The van der Waals surface area contributed by atoms with Crippen molar-refractivity contribution in [2.24, 2.45) is 0 Å². The molecular formula is C9H17N3O. The normalized spacial score (nSPS) is 11.0. The van der Waals surface area contributed by atoms with E-state index in [0.717, 1.165) is 18.5 Å². The van der Waals surface area contributed by atoms with Crippen LogP contribution in [0.4, 0.5) is 0 Å². The van der Waals surface area contributed by atoms with E-state index in [1.54, 1.807) is 12.5 Å². The van der Waals surface area contributed by atoms with Gasteiger partial charge >= 0.3 is 0 Å². The summed E-state index contributed by atoms with van der Waals surface area (Å²) in [4.78, 5) is 12.2. The van der Waals surface area contributed by atoms with Gasteiger partial charge in [-0.25, -0.2) is 4.98 Å². The van der Waals surface area contributed by atoms with Crippen LogP contribution in [0.5, 0.6) is 0 Å². The third-order valence-electron chi connectivity index (χ3n) is 2.02. The molecule has 1 aromatic heterocycles. The van der Waals surface area contributed by atoms with E-state index in [2.05, 4.69) is 29.3 Å². The molecule has 0 fully saturated rings. The molecule has 4 nitrogen and oxygen atoms in total. The standard InChI is InChI=1S/C9H17N3O/c1-3-8(4-2)12-13-6-9-5-10-7-11-9/h5,7-8,12H,3-4,6H2,1-2H3,(H,10,11). The van der Waals surface area contributed by atoms with Crippen molar-refractivity contribution in [1.82, 2.24) is 15.4 Å². The molecule has 0 aromatic carbocycles. The fourth-order valence-corrected chi connectivity index (χ4v) is 1.06. The summed E-state index contributed by atoms with van der Waals surface area (Å²) >= 11 is 0. The van der Waals surface area contributed by atoms with Gasteiger partial charge in [0.25, 0.3) is 0 Å². The quantitative estimate of drug-likeness (QED) is 0.659. The summed E-state index contributed by atoms with van der Waals surface area (Å²) in [7, 11) is 0. The Bertz CT molecular complexity index is 207. The number of aromatic amines is 1. The zero-order valence-corrected chi connectivity index (χ0v) is 8.21. The second-order valence-electron chi connectivity index (χ2n) is 3.00. The number of nitrogens with zero attached hydrogens (tertiary/aromatic N) is 1. The van der Waals surface area contributed by atoms with Gasteiger partial charge in [-0.3, -0.25) is 4.84 Å². The Balaban J connectivity index is 2.13. The van der Waals surface area contributed by atoms with E-state index in [1.165, 1.54) is 0 Å². The highest BCUT2D eigenvalue weighted by molar-refractivity contribution is 4.90. The molecule has 1 aromatic rings. The number of hydroxylamine groups is 1. The minimum Gasteiger partial charge on any atom is -0.347 e. The highest BCUT2D eigenvalue weighted by Gasteiger charge is 2.01. The lowest BCUT2D eigenvalue weighted by molar-refractivity contribution is 0.000429. The molecule has 0 spiro atoms. The smallest absolute Gasteiger partial charge is 0.110 e. The van der Waals surface area contributed by atoms with Crippen molar-refractivity contribution in [3.63, 3.8) is 0 Å². The van der Waals surface area contributed by atoms with Gasteiger partial charge in [-0.15, -0.1) is 0 Å². The first kappa shape index (κ1) is 10.2. The van der Waals surface area contributed by atoms with E-state index in [9.17, 15) is 0 Å². The maximum absolute atomic E-state index is 5.30. The van der Waals surface area contributed by atoms with Gasteiger partial charge in [0.15, 0.2) is 0 Å². The zero-order valence-electron chi connectivity index (χ0n) is 8.21. The SMILES string of the molecule is CCC(CC)NOCc1cnc[nH]1. The van der Waals surface area contributed by atoms with Crippen molar-refractivity contribution in [1.29, 1.82) is 0 Å². The number of hydrogen-bond acceptors (Lipinski definition) is 3. The number of aromatic nitrogens is 2. The highest BCUT2D eigenvalue weighted by Crippen LogP contribution is 1.98. The molecule has 0 aliphatic rings. The number of rotatable bonds is 6. The Hall–Kier alpha value is -0.870. The largest absolute Gasteiger partial charge is 0.347 e. The molecule has 0 amide bonds. The monoisotopic (exact) mass is 183 g/mol. The second-order valence-corrected chi connectivity index (χ2v) is 3.00. The van der Waals surface area contributed by atoms with Crippen molar-refractivity contribution >= 4 is 0 Å². The van der Waals surface area contributed by atoms with E-state index in [4.69, 9.17) is 4.84 Å². The van der Waals surface area contributed by atoms with Gasteiger partial charge in [0.1, 0.15) is 6.61 Å². The van der Waals surface area contributed by atoms with Crippen LogP contribution in [0.15, 0.2) is 12.5 Å². The Kier molecular flexibility index (Phi) is 4.49. The number of imidazole rings is 1. The van der Waals surface area contributed by atoms with Crippen molar-refractivity contribution in [3.8, 4) is 0 Å². The molecule has 0 saturated heterocycles. The molecule has 13 heavy (non-hydrogen) atoms. The van der Waals surface area contributed by atoms with Crippen molar-refractivity contribution in [2.45, 2.75) is 39.3 Å². The van der Waals surface area contributed by atoms with Crippen LogP contribution in [-0.2, 0) is 11.4 Å². The fraction of sp³-hybridized carbons (Fsp3) is 0.667. The van der Waals surface area contributed by atoms with Gasteiger partial charge < -0.3 is 4.98 Å². The average molecular weight is 183 g/mol. The average Bonchev–Trinajstić information content (AvgIpc) is 2.65. The molecule has 4 heteroatoms. The summed E-state index contributed by atoms with van der Waals surface area (Å²) in [6.45, 7) is 4.82. The van der Waals surface area contributed by atoms with E-state index in [-0.39, 0.29) is 0 Å². The van der Waals surface area contributed by atoms with Crippen molar-refractivity contribution in [2.75, 3.05) is 0 Å². The van der Waals surface area contributed by atoms with Crippen molar-refractivity contribution < 1.29 is 4.84 Å². The first-order chi connectivity index (χ1) is 6.36. The number of hydrogen-bond donors (Lipinski definition) is 2. The summed E-state index contributed by atoms with van der Waals surface area (Å²) < 4.78 is 0. The minimum absolute atomic E-state index is 0.447. The molecule has 2 N–H and O–H groups in total. The second kappa shape index (κ2) is 5.72. The van der Waals surface area contributed by atoms with Gasteiger partial charge in [-0.1, -0.05) is 13.8 Å². The number of H-pyrrole nitrogens is 1. The molecule has 0 radical (unpaired) electrons. The fourth-order valence-electron chi connectivity index (χ4n) is 1.06.